The normalized spacial score (nSPS) is 54.2. The van der Waals surface area contributed by atoms with Gasteiger partial charge in [0.15, 0.2) is 0 Å². The van der Waals surface area contributed by atoms with Gasteiger partial charge in [0.1, 0.15) is 0 Å². The number of hydrogen-bond acceptors (Lipinski definition) is 1. The zero-order valence-corrected chi connectivity index (χ0v) is 14.8. The summed E-state index contributed by atoms with van der Waals surface area (Å²) in [6.07, 6.45) is 14.3. The van der Waals surface area contributed by atoms with Crippen molar-refractivity contribution in [3.05, 3.63) is 11.6 Å². The third kappa shape index (κ3) is 1.93. The quantitative estimate of drug-likeness (QED) is 0.648. The molecule has 1 N–H and O–H groups in total. The first-order chi connectivity index (χ1) is 10.5. The summed E-state index contributed by atoms with van der Waals surface area (Å²) in [5.74, 6) is 3.77. The van der Waals surface area contributed by atoms with Crippen LogP contribution in [0.2, 0.25) is 0 Å². The van der Waals surface area contributed by atoms with E-state index >= 15 is 0 Å². The van der Waals surface area contributed by atoms with Gasteiger partial charge in [-0.15, -0.1) is 0 Å². The average Bonchev–Trinajstić information content (AvgIpc) is 2.84. The summed E-state index contributed by atoms with van der Waals surface area (Å²) in [5, 5.41) is 10.1. The molecule has 0 aromatic heterocycles. The van der Waals surface area contributed by atoms with Crippen LogP contribution in [0, 0.1) is 34.5 Å². The number of aliphatic hydroxyl groups is 1. The van der Waals surface area contributed by atoms with Crippen LogP contribution in [0.4, 0.5) is 0 Å². The zero-order valence-electron chi connectivity index (χ0n) is 14.8. The Kier molecular flexibility index (Phi) is 3.53. The molecule has 0 aliphatic heterocycles. The van der Waals surface area contributed by atoms with Gasteiger partial charge in [-0.3, -0.25) is 0 Å². The minimum Gasteiger partial charge on any atom is -0.393 e. The summed E-state index contributed by atoms with van der Waals surface area (Å²) in [6.45, 7) is 7.57. The van der Waals surface area contributed by atoms with E-state index in [4.69, 9.17) is 0 Å². The molecular weight excluding hydrogens is 268 g/mol. The van der Waals surface area contributed by atoms with E-state index < -0.39 is 0 Å². The van der Waals surface area contributed by atoms with Crippen molar-refractivity contribution in [2.24, 2.45) is 34.5 Å². The highest BCUT2D eigenvalue weighted by atomic mass is 16.3. The minimum absolute atomic E-state index is 0.0688. The van der Waals surface area contributed by atoms with Crippen LogP contribution in [0.25, 0.3) is 0 Å². The third-order valence-corrected chi connectivity index (χ3v) is 8.77. The Bertz CT molecular complexity index is 480. The first-order valence-electron chi connectivity index (χ1n) is 9.86. The van der Waals surface area contributed by atoms with Crippen LogP contribution in [0.15, 0.2) is 11.6 Å². The molecule has 0 amide bonds. The van der Waals surface area contributed by atoms with Gasteiger partial charge in [0.05, 0.1) is 6.10 Å². The van der Waals surface area contributed by atoms with Crippen molar-refractivity contribution in [3.63, 3.8) is 0 Å². The van der Waals surface area contributed by atoms with Gasteiger partial charge in [0.25, 0.3) is 0 Å². The van der Waals surface area contributed by atoms with Crippen molar-refractivity contribution in [1.82, 2.24) is 0 Å². The molecule has 4 rings (SSSR count). The summed E-state index contributed by atoms with van der Waals surface area (Å²) in [7, 11) is 0. The van der Waals surface area contributed by atoms with Gasteiger partial charge in [-0.05, 0) is 85.9 Å². The van der Waals surface area contributed by atoms with E-state index in [0.29, 0.717) is 10.8 Å². The van der Waals surface area contributed by atoms with E-state index in [9.17, 15) is 5.11 Å². The lowest BCUT2D eigenvalue weighted by Gasteiger charge is -2.58. The Hall–Kier alpha value is -0.300. The first-order valence-corrected chi connectivity index (χ1v) is 9.86. The summed E-state index contributed by atoms with van der Waals surface area (Å²) >= 11 is 0. The van der Waals surface area contributed by atoms with Crippen molar-refractivity contribution < 1.29 is 5.11 Å². The van der Waals surface area contributed by atoms with Crippen LogP contribution < -0.4 is 0 Å². The van der Waals surface area contributed by atoms with Gasteiger partial charge >= 0.3 is 0 Å². The standard InChI is InChI=1S/C21H34O/c1-4-14-6-8-18-17-7-5-15-13-16(22)9-11-21(15,3)19(17)10-12-20(14,18)2/h5,14,16-19,22H,4,6-13H2,1-3H3/t14?,16-,17?,18?,19?,20?,21?/m0/s1. The van der Waals surface area contributed by atoms with Crippen LogP contribution in [0.1, 0.15) is 78.6 Å². The summed E-state index contributed by atoms with van der Waals surface area (Å²) < 4.78 is 0. The topological polar surface area (TPSA) is 20.2 Å². The largest absolute Gasteiger partial charge is 0.393 e. The summed E-state index contributed by atoms with van der Waals surface area (Å²) in [6, 6.07) is 0. The number of allylic oxidation sites excluding steroid dienone is 1. The Morgan fingerprint density at radius 2 is 1.91 bits per heavy atom. The molecule has 0 saturated heterocycles. The molecule has 3 saturated carbocycles. The molecule has 0 heterocycles. The lowest BCUT2D eigenvalue weighted by atomic mass is 9.47. The maximum atomic E-state index is 10.1. The SMILES string of the molecule is CCC1CCC2C3CC=C4C[C@@H](O)CCC4(C)C3CCC12C. The second-order valence-corrected chi connectivity index (χ2v) is 9.38. The third-order valence-electron chi connectivity index (χ3n) is 8.77. The van der Waals surface area contributed by atoms with Crippen LogP contribution in [0.3, 0.4) is 0 Å². The second kappa shape index (κ2) is 5.10. The minimum atomic E-state index is -0.0688. The lowest BCUT2D eigenvalue weighted by molar-refractivity contribution is -0.0500. The predicted molar refractivity (Wildman–Crippen MR) is 91.5 cm³/mol. The van der Waals surface area contributed by atoms with Gasteiger partial charge in [0, 0.05) is 0 Å². The molecule has 0 spiro atoms. The lowest BCUT2D eigenvalue weighted by Crippen LogP contribution is -2.50. The molecule has 6 unspecified atom stereocenters. The number of aliphatic hydroxyl groups excluding tert-OH is 1. The van der Waals surface area contributed by atoms with Crippen molar-refractivity contribution >= 4 is 0 Å². The molecule has 4 aliphatic rings. The average molecular weight is 303 g/mol. The second-order valence-electron chi connectivity index (χ2n) is 9.38. The zero-order chi connectivity index (χ0) is 15.5. The number of fused-ring (bicyclic) bond motifs is 5. The van der Waals surface area contributed by atoms with Crippen molar-refractivity contribution in [3.8, 4) is 0 Å². The van der Waals surface area contributed by atoms with E-state index in [1.807, 2.05) is 0 Å². The van der Waals surface area contributed by atoms with E-state index in [1.165, 1.54) is 44.9 Å². The van der Waals surface area contributed by atoms with E-state index in [2.05, 4.69) is 26.8 Å². The Morgan fingerprint density at radius 1 is 1.09 bits per heavy atom. The fraction of sp³-hybridized carbons (Fsp3) is 0.905. The molecule has 4 aliphatic carbocycles. The molecule has 0 aromatic carbocycles. The highest BCUT2D eigenvalue weighted by Crippen LogP contribution is 2.66. The fourth-order valence-electron chi connectivity index (χ4n) is 7.42. The van der Waals surface area contributed by atoms with Gasteiger partial charge in [-0.1, -0.05) is 38.8 Å². The van der Waals surface area contributed by atoms with Crippen LogP contribution in [-0.4, -0.2) is 11.2 Å². The molecule has 7 atom stereocenters. The Labute approximate surface area is 136 Å². The Balaban J connectivity index is 1.66. The smallest absolute Gasteiger partial charge is 0.0577 e. The summed E-state index contributed by atoms with van der Waals surface area (Å²) in [5.41, 5.74) is 2.65. The monoisotopic (exact) mass is 302 g/mol. The Morgan fingerprint density at radius 3 is 2.68 bits per heavy atom. The van der Waals surface area contributed by atoms with Gasteiger partial charge < -0.3 is 5.11 Å². The number of hydrogen-bond donors (Lipinski definition) is 1. The van der Waals surface area contributed by atoms with Crippen LogP contribution >= 0.6 is 0 Å². The van der Waals surface area contributed by atoms with Crippen molar-refractivity contribution in [1.29, 1.82) is 0 Å². The van der Waals surface area contributed by atoms with Gasteiger partial charge in [-0.25, -0.2) is 0 Å². The molecule has 3 fully saturated rings. The molecule has 0 radical (unpaired) electrons. The molecule has 124 valence electrons. The highest BCUT2D eigenvalue weighted by molar-refractivity contribution is 5.25. The van der Waals surface area contributed by atoms with E-state index in [1.54, 1.807) is 5.57 Å². The fourth-order valence-corrected chi connectivity index (χ4v) is 7.42. The van der Waals surface area contributed by atoms with Gasteiger partial charge in [-0.2, -0.15) is 0 Å². The summed E-state index contributed by atoms with van der Waals surface area (Å²) in [4.78, 5) is 0. The van der Waals surface area contributed by atoms with E-state index in [0.717, 1.165) is 36.5 Å². The van der Waals surface area contributed by atoms with Crippen molar-refractivity contribution in [2.45, 2.75) is 84.7 Å². The molecule has 0 aromatic rings. The molecule has 1 nitrogen and oxygen atoms in total. The molecular formula is C21H34O. The first kappa shape index (κ1) is 15.2. The molecule has 0 bridgehead atoms. The maximum absolute atomic E-state index is 10.1. The van der Waals surface area contributed by atoms with E-state index in [-0.39, 0.29) is 6.10 Å². The van der Waals surface area contributed by atoms with Crippen LogP contribution in [-0.2, 0) is 0 Å². The van der Waals surface area contributed by atoms with Gasteiger partial charge in [0.2, 0.25) is 0 Å². The van der Waals surface area contributed by atoms with Crippen molar-refractivity contribution in [2.75, 3.05) is 0 Å². The highest BCUT2D eigenvalue weighted by Gasteiger charge is 2.57. The maximum Gasteiger partial charge on any atom is 0.0577 e. The number of rotatable bonds is 1. The van der Waals surface area contributed by atoms with Crippen LogP contribution in [0.5, 0.6) is 0 Å². The molecule has 22 heavy (non-hydrogen) atoms. The predicted octanol–water partition coefficient (Wildman–Crippen LogP) is 5.34. The molecule has 1 heteroatoms.